The van der Waals surface area contributed by atoms with E-state index in [0.29, 0.717) is 12.6 Å². The fourth-order valence-electron chi connectivity index (χ4n) is 1.26. The third-order valence-corrected chi connectivity index (χ3v) is 2.83. The van der Waals surface area contributed by atoms with Gasteiger partial charge in [-0.3, -0.25) is 4.68 Å². The van der Waals surface area contributed by atoms with E-state index in [1.807, 2.05) is 10.9 Å². The molecule has 80 valence electrons. The van der Waals surface area contributed by atoms with Crippen LogP contribution in [0.3, 0.4) is 0 Å². The summed E-state index contributed by atoms with van der Waals surface area (Å²) < 4.78 is 8.75. The lowest BCUT2D eigenvalue weighted by atomic mass is 10.3. The van der Waals surface area contributed by atoms with E-state index in [2.05, 4.69) is 48.5 Å². The van der Waals surface area contributed by atoms with Crippen LogP contribution in [0.25, 0.3) is 0 Å². The lowest BCUT2D eigenvalue weighted by Crippen LogP contribution is -2.09. The molecule has 1 aromatic rings. The van der Waals surface area contributed by atoms with Crippen molar-refractivity contribution in [2.75, 3.05) is 6.61 Å². The van der Waals surface area contributed by atoms with Gasteiger partial charge in [0.2, 0.25) is 0 Å². The Labute approximate surface area is 99.0 Å². The molecule has 0 radical (unpaired) electrons. The minimum atomic E-state index is 0.402. The normalized spacial score (nSPS) is 11.2. The van der Waals surface area contributed by atoms with Crippen molar-refractivity contribution in [2.24, 2.45) is 0 Å². The van der Waals surface area contributed by atoms with Crippen LogP contribution in [0.15, 0.2) is 6.20 Å². The van der Waals surface area contributed by atoms with Crippen molar-refractivity contribution >= 4 is 22.6 Å². The monoisotopic (exact) mass is 308 g/mol. The summed E-state index contributed by atoms with van der Waals surface area (Å²) in [7, 11) is 0. The highest BCUT2D eigenvalue weighted by Gasteiger charge is 2.10. The van der Waals surface area contributed by atoms with Gasteiger partial charge in [-0.15, -0.1) is 0 Å². The van der Waals surface area contributed by atoms with Crippen molar-refractivity contribution in [1.29, 1.82) is 0 Å². The first kappa shape index (κ1) is 12.0. The molecule has 4 heteroatoms. The highest BCUT2D eigenvalue weighted by molar-refractivity contribution is 14.1. The molecule has 0 aliphatic carbocycles. The standard InChI is InChI=1S/C10H17IN2O/c1-4-5-14-7-10-9(11)6-12-13(10)8(2)3/h6,8H,4-5,7H2,1-3H3. The molecule has 0 bridgehead atoms. The Balaban J connectivity index is 2.67. The molecule has 0 amide bonds. The van der Waals surface area contributed by atoms with Crippen LogP contribution in [-0.2, 0) is 11.3 Å². The fraction of sp³-hybridized carbons (Fsp3) is 0.700. The number of halogens is 1. The van der Waals surface area contributed by atoms with Crippen LogP contribution >= 0.6 is 22.6 Å². The molecule has 0 saturated carbocycles. The summed E-state index contributed by atoms with van der Waals surface area (Å²) in [4.78, 5) is 0. The van der Waals surface area contributed by atoms with Gasteiger partial charge in [0, 0.05) is 12.6 Å². The highest BCUT2D eigenvalue weighted by Crippen LogP contribution is 2.16. The van der Waals surface area contributed by atoms with E-state index in [9.17, 15) is 0 Å². The first-order chi connectivity index (χ1) is 6.66. The lowest BCUT2D eigenvalue weighted by Gasteiger charge is -2.11. The number of hydrogen-bond donors (Lipinski definition) is 0. The molecular weight excluding hydrogens is 291 g/mol. The average molecular weight is 308 g/mol. The molecule has 0 unspecified atom stereocenters. The van der Waals surface area contributed by atoms with Crippen molar-refractivity contribution in [3.8, 4) is 0 Å². The van der Waals surface area contributed by atoms with E-state index in [-0.39, 0.29) is 0 Å². The zero-order chi connectivity index (χ0) is 10.6. The molecule has 1 heterocycles. The third kappa shape index (κ3) is 2.95. The molecule has 0 N–H and O–H groups in total. The maximum absolute atomic E-state index is 5.53. The molecule has 14 heavy (non-hydrogen) atoms. The summed E-state index contributed by atoms with van der Waals surface area (Å²) in [5.74, 6) is 0. The van der Waals surface area contributed by atoms with Crippen LogP contribution < -0.4 is 0 Å². The maximum atomic E-state index is 5.53. The summed E-state index contributed by atoms with van der Waals surface area (Å²) in [6.45, 7) is 7.87. The molecule has 0 saturated heterocycles. The summed E-state index contributed by atoms with van der Waals surface area (Å²) in [5, 5.41) is 4.32. The number of rotatable bonds is 5. The largest absolute Gasteiger partial charge is 0.375 e. The summed E-state index contributed by atoms with van der Waals surface area (Å²) >= 11 is 2.30. The van der Waals surface area contributed by atoms with Crippen molar-refractivity contribution in [3.63, 3.8) is 0 Å². The predicted octanol–water partition coefficient (Wildman–Crippen LogP) is 3.00. The minimum absolute atomic E-state index is 0.402. The van der Waals surface area contributed by atoms with E-state index in [1.165, 1.54) is 9.26 Å². The van der Waals surface area contributed by atoms with Gasteiger partial charge in [0.05, 0.1) is 22.1 Å². The Hall–Kier alpha value is -0.100. The van der Waals surface area contributed by atoms with Crippen LogP contribution in [0.5, 0.6) is 0 Å². The van der Waals surface area contributed by atoms with Crippen LogP contribution in [0.2, 0.25) is 0 Å². The zero-order valence-electron chi connectivity index (χ0n) is 8.96. The molecule has 0 aliphatic heterocycles. The second-order valence-corrected chi connectivity index (χ2v) is 4.69. The Morgan fingerprint density at radius 1 is 1.57 bits per heavy atom. The van der Waals surface area contributed by atoms with Gasteiger partial charge in [-0.2, -0.15) is 5.10 Å². The van der Waals surface area contributed by atoms with Crippen LogP contribution in [0.1, 0.15) is 38.9 Å². The molecule has 1 aromatic heterocycles. The highest BCUT2D eigenvalue weighted by atomic mass is 127. The summed E-state index contributed by atoms with van der Waals surface area (Å²) in [6.07, 6.45) is 2.96. The Morgan fingerprint density at radius 3 is 2.86 bits per heavy atom. The second kappa shape index (κ2) is 5.70. The van der Waals surface area contributed by atoms with Gasteiger partial charge in [-0.25, -0.2) is 0 Å². The molecule has 0 spiro atoms. The first-order valence-corrected chi connectivity index (χ1v) is 6.04. The maximum Gasteiger partial charge on any atom is 0.0895 e. The van der Waals surface area contributed by atoms with Crippen LogP contribution in [0.4, 0.5) is 0 Å². The quantitative estimate of drug-likeness (QED) is 0.617. The first-order valence-electron chi connectivity index (χ1n) is 4.96. The molecule has 0 atom stereocenters. The average Bonchev–Trinajstić information content (AvgIpc) is 2.48. The Kier molecular flexibility index (Phi) is 4.88. The minimum Gasteiger partial charge on any atom is -0.375 e. The Bertz CT molecular complexity index is 284. The molecule has 0 fully saturated rings. The lowest BCUT2D eigenvalue weighted by molar-refractivity contribution is 0.114. The molecule has 3 nitrogen and oxygen atoms in total. The molecule has 1 rings (SSSR count). The number of hydrogen-bond acceptors (Lipinski definition) is 2. The van der Waals surface area contributed by atoms with Crippen molar-refractivity contribution < 1.29 is 4.74 Å². The molecule has 0 aromatic carbocycles. The van der Waals surface area contributed by atoms with Gasteiger partial charge in [0.1, 0.15) is 0 Å². The Morgan fingerprint density at radius 2 is 2.29 bits per heavy atom. The number of ether oxygens (including phenoxy) is 1. The zero-order valence-corrected chi connectivity index (χ0v) is 11.1. The van der Waals surface area contributed by atoms with Gasteiger partial charge in [0.25, 0.3) is 0 Å². The number of nitrogens with zero attached hydrogens (tertiary/aromatic N) is 2. The summed E-state index contributed by atoms with van der Waals surface area (Å²) in [6, 6.07) is 0.402. The van der Waals surface area contributed by atoms with Crippen molar-refractivity contribution in [3.05, 3.63) is 15.5 Å². The van der Waals surface area contributed by atoms with E-state index >= 15 is 0 Å². The van der Waals surface area contributed by atoms with Gasteiger partial charge in [0.15, 0.2) is 0 Å². The molecular formula is C10H17IN2O. The van der Waals surface area contributed by atoms with E-state index in [0.717, 1.165) is 13.0 Å². The van der Waals surface area contributed by atoms with Crippen molar-refractivity contribution in [2.45, 2.75) is 39.8 Å². The molecule has 0 aliphatic rings. The van der Waals surface area contributed by atoms with E-state index in [1.54, 1.807) is 0 Å². The topological polar surface area (TPSA) is 27.1 Å². The smallest absolute Gasteiger partial charge is 0.0895 e. The van der Waals surface area contributed by atoms with Gasteiger partial charge < -0.3 is 4.74 Å². The second-order valence-electron chi connectivity index (χ2n) is 3.53. The van der Waals surface area contributed by atoms with Gasteiger partial charge >= 0.3 is 0 Å². The van der Waals surface area contributed by atoms with Gasteiger partial charge in [-0.05, 0) is 42.9 Å². The van der Waals surface area contributed by atoms with Crippen LogP contribution in [0, 0.1) is 3.57 Å². The number of aromatic nitrogens is 2. The summed E-state index contributed by atoms with van der Waals surface area (Å²) in [5.41, 5.74) is 1.19. The predicted molar refractivity (Wildman–Crippen MR) is 65.3 cm³/mol. The van der Waals surface area contributed by atoms with E-state index in [4.69, 9.17) is 4.74 Å². The fourth-order valence-corrected chi connectivity index (χ4v) is 1.79. The van der Waals surface area contributed by atoms with Crippen LogP contribution in [-0.4, -0.2) is 16.4 Å². The third-order valence-electron chi connectivity index (χ3n) is 1.92. The van der Waals surface area contributed by atoms with E-state index < -0.39 is 0 Å². The SMILES string of the molecule is CCCOCc1c(I)cnn1C(C)C. The van der Waals surface area contributed by atoms with Crippen molar-refractivity contribution in [1.82, 2.24) is 9.78 Å². The van der Waals surface area contributed by atoms with Gasteiger partial charge in [-0.1, -0.05) is 6.92 Å².